The Morgan fingerprint density at radius 3 is 2.72 bits per heavy atom. The summed E-state index contributed by atoms with van der Waals surface area (Å²) in [6.45, 7) is 0.796. The maximum atomic E-state index is 11.9. The van der Waals surface area contributed by atoms with Crippen LogP contribution in [0.3, 0.4) is 0 Å². The predicted octanol–water partition coefficient (Wildman–Crippen LogP) is 1.32. The van der Waals surface area contributed by atoms with Crippen molar-refractivity contribution in [3.05, 3.63) is 44.3 Å². The Hall–Kier alpha value is -2.68. The number of hydrogen-bond donors (Lipinski definition) is 2. The van der Waals surface area contributed by atoms with Crippen molar-refractivity contribution in [2.24, 2.45) is 5.14 Å². The van der Waals surface area contributed by atoms with Gasteiger partial charge in [-0.1, -0.05) is 0 Å². The van der Waals surface area contributed by atoms with Gasteiger partial charge >= 0.3 is 0 Å². The highest BCUT2D eigenvalue weighted by atomic mass is 32.2. The fraction of sp³-hybridized carbons (Fsp3) is 0.214. The Balaban J connectivity index is 2.06. The van der Waals surface area contributed by atoms with Gasteiger partial charge in [-0.2, -0.15) is 5.26 Å². The first-order valence-corrected chi connectivity index (χ1v) is 9.45. The van der Waals surface area contributed by atoms with Gasteiger partial charge in [0.05, 0.1) is 22.7 Å². The van der Waals surface area contributed by atoms with Crippen LogP contribution in [0.5, 0.6) is 0 Å². The van der Waals surface area contributed by atoms with E-state index in [4.69, 9.17) is 10.9 Å². The molecule has 3 rings (SSSR count). The number of nitrogens with zero attached hydrogens (tertiary/aromatic N) is 3. The molecule has 9 nitrogen and oxygen atoms in total. The molecule has 0 unspecified atom stereocenters. The van der Waals surface area contributed by atoms with Gasteiger partial charge in [0.1, 0.15) is 16.0 Å². The molecule has 0 atom stereocenters. The minimum absolute atomic E-state index is 0.296. The van der Waals surface area contributed by atoms with Gasteiger partial charge in [0, 0.05) is 23.6 Å². The fourth-order valence-electron chi connectivity index (χ4n) is 2.86. The molecule has 1 aromatic heterocycles. The number of non-ortho nitro benzene ring substituents is 1. The molecule has 0 amide bonds. The minimum Gasteiger partial charge on any atom is -0.389 e. The molecule has 1 aliphatic rings. The number of rotatable bonds is 3. The number of nitro benzene ring substituents is 1. The van der Waals surface area contributed by atoms with Crippen LogP contribution in [0.15, 0.2) is 23.1 Å². The van der Waals surface area contributed by atoms with E-state index in [1.807, 2.05) is 0 Å². The molecule has 25 heavy (non-hydrogen) atoms. The second kappa shape index (κ2) is 5.99. The van der Waals surface area contributed by atoms with E-state index in [1.165, 1.54) is 23.5 Å². The molecule has 0 saturated carbocycles. The van der Waals surface area contributed by atoms with Crippen LogP contribution < -0.4 is 15.8 Å². The summed E-state index contributed by atoms with van der Waals surface area (Å²) in [7, 11) is -4.14. The third-order valence-corrected chi connectivity index (χ3v) is 5.98. The standard InChI is InChI=1S/C14H13N5O4S2/c15-6-10-9-3-4-18(7-12(9)24-14(10)16)11-2-1-8(19(20)21)5-13(11)25(17,22)23/h1-2,5H,3-4,7,16H2,(H2,17,22,23). The number of sulfonamides is 1. The fourth-order valence-corrected chi connectivity index (χ4v) is 4.72. The molecule has 4 N–H and O–H groups in total. The van der Waals surface area contributed by atoms with Gasteiger partial charge in [-0.05, 0) is 18.1 Å². The SMILES string of the molecule is N#Cc1c(N)sc2c1CCN(c1ccc([N+](=O)[O-])cc1S(N)(=O)=O)C2. The average Bonchev–Trinajstić information content (AvgIpc) is 2.87. The van der Waals surface area contributed by atoms with Crippen LogP contribution in [0.2, 0.25) is 0 Å². The molecule has 0 bridgehead atoms. The number of nitrogens with two attached hydrogens (primary N) is 2. The van der Waals surface area contributed by atoms with E-state index in [1.54, 1.807) is 4.90 Å². The Labute approximate surface area is 147 Å². The summed E-state index contributed by atoms with van der Waals surface area (Å²) in [6, 6.07) is 5.67. The molecule has 11 heteroatoms. The number of benzene rings is 1. The summed E-state index contributed by atoms with van der Waals surface area (Å²) >= 11 is 1.29. The molecular weight excluding hydrogens is 366 g/mol. The van der Waals surface area contributed by atoms with Gasteiger partial charge in [-0.15, -0.1) is 11.3 Å². The Morgan fingerprint density at radius 2 is 2.12 bits per heavy atom. The van der Waals surface area contributed by atoms with E-state index in [-0.39, 0.29) is 10.6 Å². The number of nitro groups is 1. The lowest BCUT2D eigenvalue weighted by Gasteiger charge is -2.30. The van der Waals surface area contributed by atoms with Crippen molar-refractivity contribution >= 4 is 37.7 Å². The first kappa shape index (κ1) is 17.2. The molecule has 1 aromatic carbocycles. The largest absolute Gasteiger partial charge is 0.389 e. The second-order valence-corrected chi connectivity index (χ2v) is 8.15. The highest BCUT2D eigenvalue weighted by Gasteiger charge is 2.28. The lowest BCUT2D eigenvalue weighted by molar-refractivity contribution is -0.385. The van der Waals surface area contributed by atoms with Crippen molar-refractivity contribution in [1.82, 2.24) is 0 Å². The molecule has 1 aliphatic heterocycles. The summed E-state index contributed by atoms with van der Waals surface area (Å²) in [4.78, 5) is 12.6. The van der Waals surface area contributed by atoms with Crippen molar-refractivity contribution in [1.29, 1.82) is 5.26 Å². The molecule has 0 spiro atoms. The first-order chi connectivity index (χ1) is 11.7. The normalized spacial score (nSPS) is 14.0. The summed E-state index contributed by atoms with van der Waals surface area (Å²) in [5.74, 6) is 0. The van der Waals surface area contributed by atoms with Crippen LogP contribution in [0, 0.1) is 21.4 Å². The van der Waals surface area contributed by atoms with E-state index in [2.05, 4.69) is 6.07 Å². The van der Waals surface area contributed by atoms with Crippen LogP contribution in [0.4, 0.5) is 16.4 Å². The lowest BCUT2D eigenvalue weighted by atomic mass is 10.0. The van der Waals surface area contributed by atoms with Crippen LogP contribution in [0.1, 0.15) is 16.0 Å². The van der Waals surface area contributed by atoms with Crippen molar-refractivity contribution in [2.75, 3.05) is 17.2 Å². The van der Waals surface area contributed by atoms with Gasteiger partial charge < -0.3 is 10.6 Å². The van der Waals surface area contributed by atoms with E-state index in [9.17, 15) is 23.8 Å². The lowest BCUT2D eigenvalue weighted by Crippen LogP contribution is -2.31. The quantitative estimate of drug-likeness (QED) is 0.601. The first-order valence-electron chi connectivity index (χ1n) is 7.08. The topological polar surface area (TPSA) is 156 Å². The molecule has 0 radical (unpaired) electrons. The van der Waals surface area contributed by atoms with E-state index in [0.717, 1.165) is 16.5 Å². The third kappa shape index (κ3) is 3.02. The van der Waals surface area contributed by atoms with Gasteiger partial charge in [-0.25, -0.2) is 13.6 Å². The maximum Gasteiger partial charge on any atom is 0.270 e. The average molecular weight is 379 g/mol. The smallest absolute Gasteiger partial charge is 0.270 e. The van der Waals surface area contributed by atoms with Crippen LogP contribution >= 0.6 is 11.3 Å². The van der Waals surface area contributed by atoms with Crippen LogP contribution in [0.25, 0.3) is 0 Å². The van der Waals surface area contributed by atoms with Crippen molar-refractivity contribution in [3.8, 4) is 6.07 Å². The second-order valence-electron chi connectivity index (χ2n) is 5.48. The molecule has 0 fully saturated rings. The monoisotopic (exact) mass is 379 g/mol. The van der Waals surface area contributed by atoms with Crippen molar-refractivity contribution in [2.45, 2.75) is 17.9 Å². The van der Waals surface area contributed by atoms with Crippen molar-refractivity contribution < 1.29 is 13.3 Å². The van der Waals surface area contributed by atoms with Crippen LogP contribution in [-0.4, -0.2) is 19.9 Å². The molecular formula is C14H13N5O4S2. The van der Waals surface area contributed by atoms with Gasteiger partial charge in [0.25, 0.3) is 5.69 Å². The zero-order valence-corrected chi connectivity index (χ0v) is 14.4. The Morgan fingerprint density at radius 1 is 1.40 bits per heavy atom. The summed E-state index contributed by atoms with van der Waals surface area (Å²) in [5.41, 5.74) is 7.14. The highest BCUT2D eigenvalue weighted by Crippen LogP contribution is 2.38. The number of nitrogen functional groups attached to an aromatic ring is 1. The number of primary sulfonamides is 1. The molecule has 130 valence electrons. The summed E-state index contributed by atoms with van der Waals surface area (Å²) in [6.07, 6.45) is 0.521. The number of thiophene rings is 1. The number of hydrogen-bond acceptors (Lipinski definition) is 8. The van der Waals surface area contributed by atoms with Gasteiger partial charge in [-0.3, -0.25) is 10.1 Å². The zero-order valence-electron chi connectivity index (χ0n) is 12.8. The number of nitriles is 1. The molecule has 2 aromatic rings. The van der Waals surface area contributed by atoms with Crippen LogP contribution in [-0.2, 0) is 23.0 Å². The Kier molecular flexibility index (Phi) is 4.11. The van der Waals surface area contributed by atoms with E-state index in [0.29, 0.717) is 35.8 Å². The zero-order chi connectivity index (χ0) is 18.4. The Bertz CT molecular complexity index is 1020. The number of anilines is 2. The summed E-state index contributed by atoms with van der Waals surface area (Å²) < 4.78 is 23.8. The predicted molar refractivity (Wildman–Crippen MR) is 92.7 cm³/mol. The maximum absolute atomic E-state index is 11.9. The van der Waals surface area contributed by atoms with E-state index < -0.39 is 14.9 Å². The molecule has 0 aliphatic carbocycles. The van der Waals surface area contributed by atoms with Gasteiger partial charge in [0.2, 0.25) is 10.0 Å². The number of fused-ring (bicyclic) bond motifs is 1. The highest BCUT2D eigenvalue weighted by molar-refractivity contribution is 7.89. The van der Waals surface area contributed by atoms with E-state index >= 15 is 0 Å². The minimum atomic E-state index is -4.14. The van der Waals surface area contributed by atoms with Gasteiger partial charge in [0.15, 0.2) is 0 Å². The summed E-state index contributed by atoms with van der Waals surface area (Å²) in [5, 5.41) is 25.8. The molecule has 0 saturated heterocycles. The third-order valence-electron chi connectivity index (χ3n) is 4.00. The molecule has 2 heterocycles. The van der Waals surface area contributed by atoms with Crippen molar-refractivity contribution in [3.63, 3.8) is 0 Å².